The Hall–Kier alpha value is -0.200. The first-order valence-electron chi connectivity index (χ1n) is 6.47. The Kier molecular flexibility index (Phi) is 9.55. The summed E-state index contributed by atoms with van der Waals surface area (Å²) in [5.41, 5.74) is 0. The van der Waals surface area contributed by atoms with Crippen LogP contribution in [-0.4, -0.2) is 71.0 Å². The van der Waals surface area contributed by atoms with Crippen molar-refractivity contribution in [1.29, 1.82) is 0 Å². The van der Waals surface area contributed by atoms with Crippen LogP contribution in [0.4, 0.5) is 0 Å². The Balaban J connectivity index is 2.19. The third-order valence-corrected chi connectivity index (χ3v) is 2.48. The van der Waals surface area contributed by atoms with Crippen LogP contribution in [0.25, 0.3) is 0 Å². The van der Waals surface area contributed by atoms with E-state index in [2.05, 4.69) is 11.8 Å². The van der Waals surface area contributed by atoms with Crippen LogP contribution in [0.15, 0.2) is 0 Å². The Morgan fingerprint density at radius 3 is 1.88 bits per heavy atom. The molecule has 17 heavy (non-hydrogen) atoms. The quantitative estimate of drug-likeness (QED) is 0.719. The van der Waals surface area contributed by atoms with Gasteiger partial charge in [-0.1, -0.05) is 6.92 Å². The van der Waals surface area contributed by atoms with Gasteiger partial charge < -0.3 is 18.9 Å². The monoisotopic (exact) mass is 247 g/mol. The van der Waals surface area contributed by atoms with Crippen molar-refractivity contribution >= 4 is 0 Å². The van der Waals surface area contributed by atoms with E-state index in [0.717, 1.165) is 26.1 Å². The lowest BCUT2D eigenvalue weighted by Crippen LogP contribution is -2.32. The third kappa shape index (κ3) is 8.51. The van der Waals surface area contributed by atoms with Gasteiger partial charge in [0.25, 0.3) is 0 Å². The Labute approximate surface area is 104 Å². The second-order valence-corrected chi connectivity index (χ2v) is 3.99. The molecule has 1 heterocycles. The predicted molar refractivity (Wildman–Crippen MR) is 65.1 cm³/mol. The highest BCUT2D eigenvalue weighted by Crippen LogP contribution is 1.94. The average molecular weight is 247 g/mol. The summed E-state index contributed by atoms with van der Waals surface area (Å²) >= 11 is 0. The van der Waals surface area contributed by atoms with Crippen LogP contribution in [0.1, 0.15) is 13.3 Å². The molecule has 1 rings (SSSR count). The van der Waals surface area contributed by atoms with Gasteiger partial charge in [0.2, 0.25) is 0 Å². The Morgan fingerprint density at radius 2 is 1.29 bits per heavy atom. The average Bonchev–Trinajstić information content (AvgIpc) is 2.34. The van der Waals surface area contributed by atoms with Gasteiger partial charge in [0.1, 0.15) is 0 Å². The van der Waals surface area contributed by atoms with E-state index in [1.807, 2.05) is 0 Å². The Bertz CT molecular complexity index is 155. The lowest BCUT2D eigenvalue weighted by atomic mass is 10.4. The molecule has 1 fully saturated rings. The summed E-state index contributed by atoms with van der Waals surface area (Å²) < 4.78 is 21.8. The molecule has 0 atom stereocenters. The maximum Gasteiger partial charge on any atom is 0.0992 e. The van der Waals surface area contributed by atoms with E-state index in [-0.39, 0.29) is 0 Å². The molecule has 1 aliphatic heterocycles. The van der Waals surface area contributed by atoms with Crippen LogP contribution in [0, 0.1) is 0 Å². The van der Waals surface area contributed by atoms with E-state index < -0.39 is 0 Å². The Morgan fingerprint density at radius 1 is 0.765 bits per heavy atom. The number of rotatable bonds is 2. The van der Waals surface area contributed by atoms with Gasteiger partial charge in [-0.15, -0.1) is 0 Å². The van der Waals surface area contributed by atoms with Crippen LogP contribution in [-0.2, 0) is 18.9 Å². The van der Waals surface area contributed by atoms with Crippen molar-refractivity contribution in [2.75, 3.05) is 66.1 Å². The standard InChI is InChI=1S/C12H25NO4/c1-2-3-13-4-5-14-6-7-15-8-9-16-10-11-17-12-13/h2-12H2,1H3. The fraction of sp³-hybridized carbons (Fsp3) is 1.00. The molecule has 0 aromatic rings. The molecular formula is C12H25NO4. The van der Waals surface area contributed by atoms with Gasteiger partial charge in [0, 0.05) is 13.1 Å². The zero-order valence-electron chi connectivity index (χ0n) is 10.9. The summed E-state index contributed by atoms with van der Waals surface area (Å²) in [7, 11) is 0. The molecule has 1 aliphatic rings. The minimum Gasteiger partial charge on any atom is -0.378 e. The van der Waals surface area contributed by atoms with Crippen molar-refractivity contribution in [2.24, 2.45) is 0 Å². The zero-order valence-corrected chi connectivity index (χ0v) is 10.9. The van der Waals surface area contributed by atoms with E-state index in [0.29, 0.717) is 46.4 Å². The van der Waals surface area contributed by atoms with Crippen LogP contribution in [0.5, 0.6) is 0 Å². The minimum absolute atomic E-state index is 0.627. The number of hydrogen-bond donors (Lipinski definition) is 0. The molecule has 0 amide bonds. The molecule has 1 saturated heterocycles. The highest BCUT2D eigenvalue weighted by molar-refractivity contribution is 4.51. The molecule has 5 heteroatoms. The molecule has 0 unspecified atom stereocenters. The van der Waals surface area contributed by atoms with Crippen molar-refractivity contribution in [3.05, 3.63) is 0 Å². The summed E-state index contributed by atoms with van der Waals surface area (Å²) in [6.07, 6.45) is 1.13. The maximum atomic E-state index is 5.55. The van der Waals surface area contributed by atoms with Crippen molar-refractivity contribution in [3.63, 3.8) is 0 Å². The van der Waals surface area contributed by atoms with Gasteiger partial charge in [-0.05, 0) is 6.42 Å². The van der Waals surface area contributed by atoms with E-state index in [1.54, 1.807) is 0 Å². The van der Waals surface area contributed by atoms with Gasteiger partial charge in [-0.25, -0.2) is 0 Å². The van der Waals surface area contributed by atoms with Gasteiger partial charge in [-0.3, -0.25) is 4.90 Å². The lowest BCUT2D eigenvalue weighted by Gasteiger charge is -2.21. The summed E-state index contributed by atoms with van der Waals surface area (Å²) in [6, 6.07) is 0. The molecule has 0 aromatic heterocycles. The first kappa shape index (κ1) is 14.9. The van der Waals surface area contributed by atoms with Crippen LogP contribution in [0.3, 0.4) is 0 Å². The molecule has 0 N–H and O–H groups in total. The van der Waals surface area contributed by atoms with Crippen molar-refractivity contribution in [1.82, 2.24) is 4.90 Å². The van der Waals surface area contributed by atoms with Gasteiger partial charge in [0.15, 0.2) is 0 Å². The van der Waals surface area contributed by atoms with E-state index in [9.17, 15) is 0 Å². The lowest BCUT2D eigenvalue weighted by molar-refractivity contribution is -0.0409. The van der Waals surface area contributed by atoms with Gasteiger partial charge in [-0.2, -0.15) is 0 Å². The number of hydrogen-bond acceptors (Lipinski definition) is 5. The van der Waals surface area contributed by atoms with Gasteiger partial charge >= 0.3 is 0 Å². The molecule has 0 radical (unpaired) electrons. The van der Waals surface area contributed by atoms with Crippen LogP contribution < -0.4 is 0 Å². The van der Waals surface area contributed by atoms with Crippen LogP contribution >= 0.6 is 0 Å². The molecule has 0 saturated carbocycles. The second kappa shape index (κ2) is 10.9. The first-order chi connectivity index (χ1) is 8.43. The minimum atomic E-state index is 0.627. The largest absolute Gasteiger partial charge is 0.378 e. The van der Waals surface area contributed by atoms with E-state index in [1.165, 1.54) is 0 Å². The van der Waals surface area contributed by atoms with Crippen molar-refractivity contribution in [2.45, 2.75) is 13.3 Å². The normalized spacial score (nSPS) is 23.1. The fourth-order valence-electron chi connectivity index (χ4n) is 1.60. The highest BCUT2D eigenvalue weighted by atomic mass is 16.6. The predicted octanol–water partition coefficient (Wildman–Crippen LogP) is 0.736. The molecule has 102 valence electrons. The van der Waals surface area contributed by atoms with E-state index in [4.69, 9.17) is 18.9 Å². The molecular weight excluding hydrogens is 222 g/mol. The summed E-state index contributed by atoms with van der Waals surface area (Å²) in [4.78, 5) is 2.26. The number of nitrogens with zero attached hydrogens (tertiary/aromatic N) is 1. The van der Waals surface area contributed by atoms with Crippen molar-refractivity contribution in [3.8, 4) is 0 Å². The molecule has 0 bridgehead atoms. The van der Waals surface area contributed by atoms with E-state index >= 15 is 0 Å². The smallest absolute Gasteiger partial charge is 0.0992 e. The SMILES string of the molecule is CCCN1CCOCCOCCOCCOC1. The summed E-state index contributed by atoms with van der Waals surface area (Å²) in [5.74, 6) is 0. The molecule has 5 nitrogen and oxygen atoms in total. The molecule has 0 aliphatic carbocycles. The zero-order chi connectivity index (χ0) is 12.2. The maximum absolute atomic E-state index is 5.55. The topological polar surface area (TPSA) is 40.2 Å². The van der Waals surface area contributed by atoms with Crippen molar-refractivity contribution < 1.29 is 18.9 Å². The fourth-order valence-corrected chi connectivity index (χ4v) is 1.60. The van der Waals surface area contributed by atoms with Gasteiger partial charge in [0.05, 0.1) is 53.0 Å². The highest BCUT2D eigenvalue weighted by Gasteiger charge is 2.04. The first-order valence-corrected chi connectivity index (χ1v) is 6.47. The second-order valence-electron chi connectivity index (χ2n) is 3.99. The summed E-state index contributed by atoms with van der Waals surface area (Å²) in [5, 5.41) is 0. The molecule has 0 aromatic carbocycles. The number of ether oxygens (including phenoxy) is 4. The summed E-state index contributed by atoms with van der Waals surface area (Å²) in [6.45, 7) is 9.36. The van der Waals surface area contributed by atoms with Crippen LogP contribution in [0.2, 0.25) is 0 Å². The molecule has 0 spiro atoms. The third-order valence-electron chi connectivity index (χ3n) is 2.48.